The van der Waals surface area contributed by atoms with Crippen molar-refractivity contribution in [2.24, 2.45) is 5.92 Å². The van der Waals surface area contributed by atoms with Gasteiger partial charge in [-0.1, -0.05) is 6.07 Å². The second-order valence-corrected chi connectivity index (χ2v) is 7.01. The monoisotopic (exact) mass is 319 g/mol. The van der Waals surface area contributed by atoms with Gasteiger partial charge in [0, 0.05) is 16.1 Å². The first kappa shape index (κ1) is 15.2. The quantitative estimate of drug-likeness (QED) is 0.791. The van der Waals surface area contributed by atoms with Gasteiger partial charge in [-0.25, -0.2) is 0 Å². The Bertz CT molecular complexity index is 625. The van der Waals surface area contributed by atoms with Crippen molar-refractivity contribution in [3.63, 3.8) is 0 Å². The average molecular weight is 319 g/mol. The number of carbonyl (C=O) groups is 1. The van der Waals surface area contributed by atoms with Crippen LogP contribution in [0.3, 0.4) is 0 Å². The topological polar surface area (TPSA) is 78.0 Å². The molecule has 1 saturated carbocycles. The molecule has 1 amide bonds. The van der Waals surface area contributed by atoms with Gasteiger partial charge in [0.1, 0.15) is 0 Å². The van der Waals surface area contributed by atoms with Crippen LogP contribution in [-0.2, 0) is 11.2 Å². The molecule has 2 aromatic rings. The van der Waals surface area contributed by atoms with Crippen molar-refractivity contribution in [1.82, 2.24) is 15.5 Å². The number of aryl methyl sites for hydroxylation is 2. The summed E-state index contributed by atoms with van der Waals surface area (Å²) in [5.74, 6) is 0.330. The Hall–Kier alpha value is -1.66. The van der Waals surface area contributed by atoms with Crippen LogP contribution in [0.25, 0.3) is 0 Å². The lowest BCUT2D eigenvalue weighted by Gasteiger charge is -2.37. The molecule has 3 N–H and O–H groups in total. The van der Waals surface area contributed by atoms with E-state index in [0.717, 1.165) is 34.7 Å². The number of nitrogens with one attached hydrogen (secondary N) is 2. The summed E-state index contributed by atoms with van der Waals surface area (Å²) in [6.07, 6.45) is 1.63. The second-order valence-electron chi connectivity index (χ2n) is 6.04. The van der Waals surface area contributed by atoms with E-state index in [2.05, 4.69) is 21.6 Å². The number of H-pyrrole nitrogens is 1. The Labute approximate surface area is 133 Å². The maximum Gasteiger partial charge on any atom is 0.225 e. The van der Waals surface area contributed by atoms with Crippen LogP contribution in [0.15, 0.2) is 17.5 Å². The number of amides is 1. The summed E-state index contributed by atoms with van der Waals surface area (Å²) in [6, 6.07) is 4.05. The number of carbonyl (C=O) groups excluding carboxylic acids is 1. The maximum absolute atomic E-state index is 12.4. The van der Waals surface area contributed by atoms with Gasteiger partial charge in [-0.15, -0.1) is 11.3 Å². The third-order valence-corrected chi connectivity index (χ3v) is 5.36. The molecule has 6 heteroatoms. The largest absolute Gasteiger partial charge is 0.393 e. The van der Waals surface area contributed by atoms with Gasteiger partial charge in [-0.3, -0.25) is 9.89 Å². The normalized spacial score (nSPS) is 22.1. The van der Waals surface area contributed by atoms with Gasteiger partial charge in [-0.2, -0.15) is 5.10 Å². The number of hydrogen-bond donors (Lipinski definition) is 3. The lowest BCUT2D eigenvalue weighted by Crippen LogP contribution is -2.41. The zero-order valence-corrected chi connectivity index (χ0v) is 13.6. The lowest BCUT2D eigenvalue weighted by atomic mass is 9.76. The highest BCUT2D eigenvalue weighted by molar-refractivity contribution is 7.10. The third-order valence-electron chi connectivity index (χ3n) is 4.41. The van der Waals surface area contributed by atoms with E-state index in [-0.39, 0.29) is 18.1 Å². The highest BCUT2D eigenvalue weighted by Crippen LogP contribution is 2.39. The van der Waals surface area contributed by atoms with Crippen molar-refractivity contribution in [2.75, 3.05) is 0 Å². The molecule has 118 valence electrons. The van der Waals surface area contributed by atoms with Gasteiger partial charge in [0.2, 0.25) is 5.91 Å². The van der Waals surface area contributed by atoms with Crippen LogP contribution in [0.4, 0.5) is 0 Å². The van der Waals surface area contributed by atoms with Crippen LogP contribution >= 0.6 is 11.3 Å². The molecule has 0 aromatic carbocycles. The smallest absolute Gasteiger partial charge is 0.225 e. The molecule has 2 heterocycles. The van der Waals surface area contributed by atoms with Gasteiger partial charge in [0.15, 0.2) is 0 Å². The number of aliphatic hydroxyl groups excluding tert-OH is 1. The SMILES string of the molecule is Cc1n[nH]c(C)c1CC(=O)NC(c1cccs1)C1CC(O)C1. The summed E-state index contributed by atoms with van der Waals surface area (Å²) in [4.78, 5) is 13.6. The predicted molar refractivity (Wildman–Crippen MR) is 85.7 cm³/mol. The molecule has 1 fully saturated rings. The molecule has 0 bridgehead atoms. The fourth-order valence-corrected chi connectivity index (χ4v) is 3.88. The molecular formula is C16H21N3O2S. The summed E-state index contributed by atoms with van der Waals surface area (Å²) in [6.45, 7) is 3.84. The van der Waals surface area contributed by atoms with Crippen molar-refractivity contribution >= 4 is 17.2 Å². The molecule has 0 saturated heterocycles. The van der Waals surface area contributed by atoms with Crippen molar-refractivity contribution in [3.05, 3.63) is 39.3 Å². The number of rotatable bonds is 5. The van der Waals surface area contributed by atoms with Crippen LogP contribution in [0.2, 0.25) is 0 Å². The standard InChI is InChI=1S/C16H21N3O2S/c1-9-13(10(2)19-18-9)8-15(21)17-16(11-6-12(20)7-11)14-4-3-5-22-14/h3-5,11-12,16,20H,6-8H2,1-2H3,(H,17,21)(H,18,19). The van der Waals surface area contributed by atoms with Gasteiger partial charge in [0.05, 0.1) is 24.3 Å². The summed E-state index contributed by atoms with van der Waals surface area (Å²) < 4.78 is 0. The Kier molecular flexibility index (Phi) is 4.31. The minimum absolute atomic E-state index is 0.00316. The summed E-state index contributed by atoms with van der Waals surface area (Å²) in [7, 11) is 0. The van der Waals surface area contributed by atoms with E-state index in [1.807, 2.05) is 25.3 Å². The van der Waals surface area contributed by atoms with Gasteiger partial charge in [0.25, 0.3) is 0 Å². The zero-order valence-electron chi connectivity index (χ0n) is 12.8. The van der Waals surface area contributed by atoms with E-state index in [1.165, 1.54) is 0 Å². The number of nitrogens with zero attached hydrogens (tertiary/aromatic N) is 1. The van der Waals surface area contributed by atoms with Crippen LogP contribution in [-0.4, -0.2) is 27.3 Å². The van der Waals surface area contributed by atoms with E-state index < -0.39 is 0 Å². The Balaban J connectivity index is 1.69. The lowest BCUT2D eigenvalue weighted by molar-refractivity contribution is -0.122. The molecule has 22 heavy (non-hydrogen) atoms. The minimum atomic E-state index is -0.220. The summed E-state index contributed by atoms with van der Waals surface area (Å²) in [5, 5.41) is 21.8. The third kappa shape index (κ3) is 3.08. The van der Waals surface area contributed by atoms with Crippen molar-refractivity contribution in [3.8, 4) is 0 Å². The Morgan fingerprint density at radius 3 is 2.86 bits per heavy atom. The highest BCUT2D eigenvalue weighted by Gasteiger charge is 2.36. The molecule has 0 spiro atoms. The van der Waals surface area contributed by atoms with E-state index in [0.29, 0.717) is 12.3 Å². The van der Waals surface area contributed by atoms with Gasteiger partial charge in [-0.05, 0) is 44.1 Å². The molecular weight excluding hydrogens is 298 g/mol. The first-order valence-electron chi connectivity index (χ1n) is 7.56. The molecule has 1 atom stereocenters. The minimum Gasteiger partial charge on any atom is -0.393 e. The maximum atomic E-state index is 12.4. The number of hydrogen-bond acceptors (Lipinski definition) is 4. The van der Waals surface area contributed by atoms with Crippen LogP contribution in [0, 0.1) is 19.8 Å². The van der Waals surface area contributed by atoms with Crippen LogP contribution < -0.4 is 5.32 Å². The average Bonchev–Trinajstić information content (AvgIpc) is 3.07. The first-order chi connectivity index (χ1) is 10.5. The van der Waals surface area contributed by atoms with Crippen LogP contribution in [0.5, 0.6) is 0 Å². The Morgan fingerprint density at radius 2 is 2.32 bits per heavy atom. The zero-order chi connectivity index (χ0) is 15.7. The molecule has 1 aliphatic carbocycles. The Morgan fingerprint density at radius 1 is 1.55 bits per heavy atom. The van der Waals surface area contributed by atoms with E-state index in [1.54, 1.807) is 11.3 Å². The number of thiophene rings is 1. The van der Waals surface area contributed by atoms with E-state index in [9.17, 15) is 9.90 Å². The van der Waals surface area contributed by atoms with Crippen molar-refractivity contribution in [2.45, 2.75) is 45.3 Å². The highest BCUT2D eigenvalue weighted by atomic mass is 32.1. The number of aromatic nitrogens is 2. The molecule has 0 aliphatic heterocycles. The number of aliphatic hydroxyl groups is 1. The fourth-order valence-electron chi connectivity index (χ4n) is 3.01. The fraction of sp³-hybridized carbons (Fsp3) is 0.500. The van der Waals surface area contributed by atoms with Gasteiger partial charge >= 0.3 is 0 Å². The first-order valence-corrected chi connectivity index (χ1v) is 8.44. The van der Waals surface area contributed by atoms with Crippen LogP contribution in [0.1, 0.15) is 40.7 Å². The molecule has 1 unspecified atom stereocenters. The number of aromatic amines is 1. The molecule has 2 aromatic heterocycles. The van der Waals surface area contributed by atoms with Crippen molar-refractivity contribution < 1.29 is 9.90 Å². The molecule has 3 rings (SSSR count). The molecule has 0 radical (unpaired) electrons. The molecule has 1 aliphatic rings. The van der Waals surface area contributed by atoms with E-state index in [4.69, 9.17) is 0 Å². The second kappa shape index (κ2) is 6.22. The summed E-state index contributed by atoms with van der Waals surface area (Å²) >= 11 is 1.65. The molecule has 5 nitrogen and oxygen atoms in total. The van der Waals surface area contributed by atoms with Crippen molar-refractivity contribution in [1.29, 1.82) is 0 Å². The predicted octanol–water partition coefficient (Wildman–Crippen LogP) is 2.26. The van der Waals surface area contributed by atoms with E-state index >= 15 is 0 Å². The van der Waals surface area contributed by atoms with Gasteiger partial charge < -0.3 is 10.4 Å². The summed E-state index contributed by atoms with van der Waals surface area (Å²) in [5.41, 5.74) is 2.79.